The maximum Gasteiger partial charge on any atom is 0.449 e. The Kier molecular flexibility index (Phi) is 16.7. The molecule has 0 fully saturated rings. The van der Waals surface area contributed by atoms with Gasteiger partial charge in [-0.25, -0.2) is 27.6 Å². The number of benzene rings is 1. The average molecular weight is 827 g/mol. The summed E-state index contributed by atoms with van der Waals surface area (Å²) in [4.78, 5) is 30.5. The zero-order chi connectivity index (χ0) is 41.9. The zero-order valence-electron chi connectivity index (χ0n) is 30.3. The molecule has 0 bridgehead atoms. The maximum absolute atomic E-state index is 14.1. The molecule has 4 rings (SSSR count). The van der Waals surface area contributed by atoms with E-state index in [1.165, 1.54) is 4.68 Å². The number of aliphatic hydroxyl groups is 5. The third-order valence-electron chi connectivity index (χ3n) is 8.68. The van der Waals surface area contributed by atoms with Gasteiger partial charge in [-0.2, -0.15) is 13.2 Å². The van der Waals surface area contributed by atoms with Crippen molar-refractivity contribution in [2.75, 3.05) is 52.7 Å². The fraction of sp³-hybridized carbons (Fsp3) is 0.606. The highest BCUT2D eigenvalue weighted by Gasteiger charge is 2.42. The van der Waals surface area contributed by atoms with Crippen molar-refractivity contribution < 1.29 is 75.7 Å². The fourth-order valence-electron chi connectivity index (χ4n) is 5.69. The van der Waals surface area contributed by atoms with Gasteiger partial charge in [0.15, 0.2) is 17.3 Å². The molecule has 3 aromatic rings. The first-order valence-electron chi connectivity index (χ1n) is 17.6. The third-order valence-corrected chi connectivity index (χ3v) is 8.68. The van der Waals surface area contributed by atoms with Crippen LogP contribution in [-0.4, -0.2) is 150 Å². The van der Waals surface area contributed by atoms with Gasteiger partial charge in [-0.1, -0.05) is 5.21 Å². The number of amides is 1. The van der Waals surface area contributed by atoms with Gasteiger partial charge in [-0.3, -0.25) is 4.79 Å². The molecule has 1 aliphatic rings. The summed E-state index contributed by atoms with van der Waals surface area (Å²) < 4.78 is 100. The number of imidazole rings is 1. The van der Waals surface area contributed by atoms with Gasteiger partial charge in [0.1, 0.15) is 30.7 Å². The molecule has 1 amide bonds. The normalized spacial score (nSPS) is 15.9. The van der Waals surface area contributed by atoms with E-state index >= 15 is 0 Å². The van der Waals surface area contributed by atoms with E-state index in [1.807, 2.05) is 0 Å². The van der Waals surface area contributed by atoms with Crippen LogP contribution < -0.4 is 11.1 Å². The molecule has 318 valence electrons. The average Bonchev–Trinajstić information content (AvgIpc) is 3.79. The molecule has 2 aromatic heterocycles. The fourth-order valence-corrected chi connectivity index (χ4v) is 5.69. The predicted octanol–water partition coefficient (Wildman–Crippen LogP) is -1.37. The topological polar surface area (TPSA) is 253 Å². The Morgan fingerprint density at radius 3 is 2.30 bits per heavy atom. The Morgan fingerprint density at radius 1 is 0.930 bits per heavy atom. The van der Waals surface area contributed by atoms with Crippen molar-refractivity contribution in [2.24, 2.45) is 5.73 Å². The number of fused-ring (bicyclic) bond motifs is 1. The van der Waals surface area contributed by atoms with E-state index in [0.29, 0.717) is 24.4 Å². The van der Waals surface area contributed by atoms with Crippen molar-refractivity contribution >= 4 is 11.9 Å². The minimum atomic E-state index is -4.93. The molecule has 3 heterocycles. The van der Waals surface area contributed by atoms with E-state index in [2.05, 4.69) is 20.6 Å². The summed E-state index contributed by atoms with van der Waals surface area (Å²) in [6.07, 6.45) is -10.6. The first-order chi connectivity index (χ1) is 27.0. The summed E-state index contributed by atoms with van der Waals surface area (Å²) in [5, 5.41) is 58.4. The van der Waals surface area contributed by atoms with Crippen molar-refractivity contribution in [3.8, 4) is 0 Å². The van der Waals surface area contributed by atoms with Crippen LogP contribution in [0.4, 0.5) is 26.3 Å². The molecular formula is C33H44F6N8O10. The molecular weight excluding hydrogens is 782 g/mol. The van der Waals surface area contributed by atoms with Gasteiger partial charge in [0, 0.05) is 50.9 Å². The molecule has 57 heavy (non-hydrogen) atoms. The highest BCUT2D eigenvalue weighted by atomic mass is 19.4. The van der Waals surface area contributed by atoms with E-state index in [1.54, 1.807) is 6.20 Å². The zero-order valence-corrected chi connectivity index (χ0v) is 30.3. The molecule has 0 unspecified atom stereocenters. The Labute approximate surface area is 320 Å². The lowest BCUT2D eigenvalue weighted by Gasteiger charge is -2.30. The number of nitrogens with zero attached hydrogens (tertiary/aromatic N) is 6. The van der Waals surface area contributed by atoms with Crippen molar-refractivity contribution in [1.29, 1.82) is 0 Å². The van der Waals surface area contributed by atoms with Crippen LogP contribution in [0.15, 0.2) is 18.3 Å². The summed E-state index contributed by atoms with van der Waals surface area (Å²) in [6, 6.07) is -0.0645. The number of ether oxygens (including phenoxy) is 3. The van der Waals surface area contributed by atoms with Crippen LogP contribution in [-0.2, 0) is 57.8 Å². The highest BCUT2D eigenvalue weighted by Crippen LogP contribution is 2.33. The molecule has 0 saturated carbocycles. The Balaban J connectivity index is 1.15. The maximum atomic E-state index is 14.1. The predicted molar refractivity (Wildman–Crippen MR) is 180 cm³/mol. The van der Waals surface area contributed by atoms with Crippen LogP contribution in [0.25, 0.3) is 0 Å². The first kappa shape index (κ1) is 45.4. The van der Waals surface area contributed by atoms with Gasteiger partial charge in [0.05, 0.1) is 63.6 Å². The van der Waals surface area contributed by atoms with Gasteiger partial charge in [-0.05, 0) is 18.1 Å². The standard InChI is InChI=1S/C33H44F6N8O10/c34-21-12-23(36)22(35)10-18(21)9-19(40)11-27(51)45-1-2-47-24(16-45)28(42-32(47)33(37,38)39)31(54)57-8-7-56-6-5-55-4-3-46-15-20(43-44-46)13-41-14-25(49)29(52)30(53)26(50)17-48/h10,12,15,19,25-26,29-30,41,48-50,52-53H,1-9,11,13-14,16-17,40H2/t19-,25+,26-,29-,30-/m1/s1. The number of carbonyl (C=O) groups is 2. The molecule has 1 aromatic carbocycles. The second-order valence-electron chi connectivity index (χ2n) is 13.0. The van der Waals surface area contributed by atoms with Gasteiger partial charge in [0.25, 0.3) is 0 Å². The number of carbonyl (C=O) groups excluding carboxylic acids is 2. The van der Waals surface area contributed by atoms with Crippen molar-refractivity contribution in [2.45, 2.75) is 75.7 Å². The summed E-state index contributed by atoms with van der Waals surface area (Å²) in [7, 11) is 0. The molecule has 0 spiro atoms. The third kappa shape index (κ3) is 12.9. The van der Waals surface area contributed by atoms with Crippen LogP contribution in [0.2, 0.25) is 0 Å². The van der Waals surface area contributed by atoms with Gasteiger partial charge in [0.2, 0.25) is 11.7 Å². The lowest BCUT2D eigenvalue weighted by atomic mass is 10.0. The van der Waals surface area contributed by atoms with E-state index in [0.717, 1.165) is 9.47 Å². The highest BCUT2D eigenvalue weighted by molar-refractivity contribution is 5.89. The quantitative estimate of drug-likeness (QED) is 0.0267. The number of aromatic nitrogens is 5. The molecule has 1 aliphatic heterocycles. The summed E-state index contributed by atoms with van der Waals surface area (Å²) in [6.45, 7) is -1.56. The molecule has 0 saturated heterocycles. The van der Waals surface area contributed by atoms with Crippen LogP contribution in [0.5, 0.6) is 0 Å². The number of hydrogen-bond donors (Lipinski definition) is 7. The van der Waals surface area contributed by atoms with E-state index in [-0.39, 0.29) is 76.9 Å². The Hall–Kier alpha value is -4.27. The summed E-state index contributed by atoms with van der Waals surface area (Å²) in [5.41, 5.74) is 5.32. The molecule has 0 aliphatic carbocycles. The number of esters is 1. The largest absolute Gasteiger partial charge is 0.458 e. The molecule has 18 nitrogen and oxygen atoms in total. The smallest absolute Gasteiger partial charge is 0.449 e. The number of hydrogen-bond acceptors (Lipinski definition) is 15. The lowest BCUT2D eigenvalue weighted by molar-refractivity contribution is -0.148. The van der Waals surface area contributed by atoms with Crippen molar-refractivity contribution in [3.63, 3.8) is 0 Å². The van der Waals surface area contributed by atoms with Crippen molar-refractivity contribution in [1.82, 2.24) is 34.8 Å². The van der Waals surface area contributed by atoms with E-state index in [4.69, 9.17) is 25.1 Å². The van der Waals surface area contributed by atoms with Crippen LogP contribution in [0.1, 0.15) is 39.7 Å². The van der Waals surface area contributed by atoms with Crippen LogP contribution in [0.3, 0.4) is 0 Å². The summed E-state index contributed by atoms with van der Waals surface area (Å²) >= 11 is 0. The summed E-state index contributed by atoms with van der Waals surface area (Å²) in [5.74, 6) is -6.91. The van der Waals surface area contributed by atoms with Gasteiger partial charge >= 0.3 is 12.1 Å². The van der Waals surface area contributed by atoms with Gasteiger partial charge in [-0.15, -0.1) is 5.10 Å². The molecule has 8 N–H and O–H groups in total. The van der Waals surface area contributed by atoms with E-state index in [9.17, 15) is 56.4 Å². The molecule has 0 radical (unpaired) electrons. The van der Waals surface area contributed by atoms with Gasteiger partial charge < -0.3 is 60.3 Å². The number of halogens is 6. The lowest BCUT2D eigenvalue weighted by Crippen LogP contribution is -2.48. The minimum absolute atomic E-state index is 0.0718. The van der Waals surface area contributed by atoms with Crippen molar-refractivity contribution in [3.05, 3.63) is 64.3 Å². The Morgan fingerprint density at radius 2 is 1.60 bits per heavy atom. The first-order valence-corrected chi connectivity index (χ1v) is 17.6. The second kappa shape index (κ2) is 20.9. The number of aliphatic hydroxyl groups excluding tert-OH is 5. The van der Waals surface area contributed by atoms with Crippen LogP contribution in [0, 0.1) is 17.5 Å². The Bertz CT molecular complexity index is 1780. The number of nitrogens with one attached hydrogen (secondary N) is 1. The SMILES string of the molecule is N[C@@H](CC(=O)N1CCn2c(C(F)(F)F)nc(C(=O)OCCOCCOCCn3cc(CNC[C@H](O)[C@@H](O)[C@H](O)[C@H](O)CO)nn3)c2C1)Cc1cc(F)c(F)cc1F. The minimum Gasteiger partial charge on any atom is -0.458 e. The number of rotatable bonds is 22. The molecule has 5 atom stereocenters. The monoisotopic (exact) mass is 826 g/mol. The van der Waals surface area contributed by atoms with E-state index < -0.39 is 97.1 Å². The van der Waals surface area contributed by atoms with Crippen LogP contribution >= 0.6 is 0 Å². The number of alkyl halides is 3. The number of nitrogens with two attached hydrogens (primary N) is 1. The second-order valence-corrected chi connectivity index (χ2v) is 13.0. The molecule has 24 heteroatoms.